The van der Waals surface area contributed by atoms with Crippen LogP contribution in [0.3, 0.4) is 0 Å². The zero-order valence-electron chi connectivity index (χ0n) is 11.4. The van der Waals surface area contributed by atoms with Crippen molar-refractivity contribution in [1.29, 1.82) is 0 Å². The topological polar surface area (TPSA) is 38.3 Å². The molecule has 0 spiro atoms. The highest BCUT2D eigenvalue weighted by Gasteiger charge is 2.12. The molecular formula is C16H21NO2. The van der Waals surface area contributed by atoms with Crippen molar-refractivity contribution in [1.82, 2.24) is 5.32 Å². The van der Waals surface area contributed by atoms with Crippen molar-refractivity contribution in [3.05, 3.63) is 41.5 Å². The molecule has 1 aromatic rings. The molecule has 3 nitrogen and oxygen atoms in total. The predicted molar refractivity (Wildman–Crippen MR) is 76.7 cm³/mol. The van der Waals surface area contributed by atoms with Gasteiger partial charge in [0.15, 0.2) is 0 Å². The van der Waals surface area contributed by atoms with Gasteiger partial charge in [-0.05, 0) is 36.6 Å². The van der Waals surface area contributed by atoms with Gasteiger partial charge in [0, 0.05) is 12.1 Å². The molecule has 0 amide bonds. The van der Waals surface area contributed by atoms with Crippen LogP contribution < -0.4 is 5.32 Å². The average molecular weight is 259 g/mol. The van der Waals surface area contributed by atoms with Gasteiger partial charge in [0.25, 0.3) is 0 Å². The second-order valence-corrected chi connectivity index (χ2v) is 4.88. The molecule has 19 heavy (non-hydrogen) atoms. The second kappa shape index (κ2) is 7.10. The van der Waals surface area contributed by atoms with Gasteiger partial charge in [0.05, 0.1) is 7.11 Å². The number of rotatable bonds is 3. The molecule has 0 aliphatic carbocycles. The molecular weight excluding hydrogens is 238 g/mol. The lowest BCUT2D eigenvalue weighted by Crippen LogP contribution is -2.20. The molecule has 0 saturated carbocycles. The Morgan fingerprint density at radius 3 is 2.79 bits per heavy atom. The summed E-state index contributed by atoms with van der Waals surface area (Å²) >= 11 is 0. The monoisotopic (exact) mass is 259 g/mol. The molecule has 0 unspecified atom stereocenters. The third kappa shape index (κ3) is 4.21. The zero-order valence-corrected chi connectivity index (χ0v) is 11.4. The van der Waals surface area contributed by atoms with E-state index in [0.29, 0.717) is 6.04 Å². The summed E-state index contributed by atoms with van der Waals surface area (Å²) in [6.07, 6.45) is 8.31. The fourth-order valence-corrected chi connectivity index (χ4v) is 2.38. The smallest absolute Gasteiger partial charge is 0.330 e. The van der Waals surface area contributed by atoms with Crippen molar-refractivity contribution >= 4 is 12.0 Å². The van der Waals surface area contributed by atoms with Gasteiger partial charge >= 0.3 is 5.97 Å². The van der Waals surface area contributed by atoms with Crippen molar-refractivity contribution in [2.75, 3.05) is 13.7 Å². The maximum Gasteiger partial charge on any atom is 0.330 e. The van der Waals surface area contributed by atoms with Gasteiger partial charge in [-0.15, -0.1) is 0 Å². The van der Waals surface area contributed by atoms with E-state index in [-0.39, 0.29) is 5.97 Å². The Morgan fingerprint density at radius 1 is 1.26 bits per heavy atom. The van der Waals surface area contributed by atoms with E-state index in [4.69, 9.17) is 0 Å². The predicted octanol–water partition coefficient (Wildman–Crippen LogP) is 3.08. The summed E-state index contributed by atoms with van der Waals surface area (Å²) in [4.78, 5) is 11.0. The standard InChI is InChI=1S/C16H21NO2/c1-19-16(18)11-8-13-6-9-14(10-7-13)15-5-3-2-4-12-17-15/h6-11,15,17H,2-5,12H2,1H3/t15-/m0/s1. The van der Waals surface area contributed by atoms with Crippen LogP contribution in [0.2, 0.25) is 0 Å². The summed E-state index contributed by atoms with van der Waals surface area (Å²) < 4.78 is 4.57. The Morgan fingerprint density at radius 2 is 2.05 bits per heavy atom. The van der Waals surface area contributed by atoms with E-state index in [0.717, 1.165) is 12.1 Å². The summed E-state index contributed by atoms with van der Waals surface area (Å²) in [7, 11) is 1.38. The van der Waals surface area contributed by atoms with Gasteiger partial charge in [-0.25, -0.2) is 4.79 Å². The molecule has 1 saturated heterocycles. The van der Waals surface area contributed by atoms with Gasteiger partial charge in [0.1, 0.15) is 0 Å². The molecule has 1 aromatic carbocycles. The summed E-state index contributed by atoms with van der Waals surface area (Å²) in [5.41, 5.74) is 2.35. The molecule has 1 N–H and O–H groups in total. The molecule has 102 valence electrons. The second-order valence-electron chi connectivity index (χ2n) is 4.88. The summed E-state index contributed by atoms with van der Waals surface area (Å²) in [6, 6.07) is 8.84. The van der Waals surface area contributed by atoms with E-state index in [1.54, 1.807) is 6.08 Å². The first-order valence-electron chi connectivity index (χ1n) is 6.89. The highest BCUT2D eigenvalue weighted by Crippen LogP contribution is 2.23. The lowest BCUT2D eigenvalue weighted by molar-refractivity contribution is -0.134. The van der Waals surface area contributed by atoms with Gasteiger partial charge in [-0.1, -0.05) is 37.1 Å². The normalized spacial score (nSPS) is 20.2. The summed E-state index contributed by atoms with van der Waals surface area (Å²) in [5, 5.41) is 3.58. The van der Waals surface area contributed by atoms with Crippen molar-refractivity contribution < 1.29 is 9.53 Å². The number of ether oxygens (including phenoxy) is 1. The van der Waals surface area contributed by atoms with Crippen LogP contribution in [0.1, 0.15) is 42.9 Å². The Kier molecular flexibility index (Phi) is 5.16. The molecule has 0 aromatic heterocycles. The third-order valence-electron chi connectivity index (χ3n) is 3.51. The van der Waals surface area contributed by atoms with Crippen molar-refractivity contribution in [2.45, 2.75) is 31.7 Å². The van der Waals surface area contributed by atoms with Crippen molar-refractivity contribution in [3.8, 4) is 0 Å². The van der Waals surface area contributed by atoms with E-state index in [2.05, 4.69) is 22.2 Å². The molecule has 3 heteroatoms. The van der Waals surface area contributed by atoms with E-state index in [1.807, 2.05) is 12.1 Å². The van der Waals surface area contributed by atoms with Gasteiger partial charge < -0.3 is 10.1 Å². The molecule has 0 bridgehead atoms. The fraction of sp³-hybridized carbons (Fsp3) is 0.438. The van der Waals surface area contributed by atoms with Gasteiger partial charge in [0.2, 0.25) is 0 Å². The maximum absolute atomic E-state index is 11.0. The SMILES string of the molecule is COC(=O)C=Cc1ccc([C@@H]2CCCCCN2)cc1. The minimum atomic E-state index is -0.325. The van der Waals surface area contributed by atoms with E-state index in [9.17, 15) is 4.79 Å². The Balaban J connectivity index is 2.01. The van der Waals surface area contributed by atoms with Crippen LogP contribution in [0.25, 0.3) is 6.08 Å². The first kappa shape index (κ1) is 13.8. The highest BCUT2D eigenvalue weighted by molar-refractivity contribution is 5.86. The Bertz CT molecular complexity index is 429. The van der Waals surface area contributed by atoms with Crippen molar-refractivity contribution in [3.63, 3.8) is 0 Å². The number of hydrogen-bond donors (Lipinski definition) is 1. The van der Waals surface area contributed by atoms with E-state index < -0.39 is 0 Å². The summed E-state index contributed by atoms with van der Waals surface area (Å²) in [5.74, 6) is -0.325. The number of carbonyl (C=O) groups is 1. The average Bonchev–Trinajstić information content (AvgIpc) is 2.74. The molecule has 1 heterocycles. The first-order chi connectivity index (χ1) is 9.29. The number of nitrogens with one attached hydrogen (secondary N) is 1. The number of benzene rings is 1. The number of esters is 1. The van der Waals surface area contributed by atoms with Crippen LogP contribution in [0.15, 0.2) is 30.3 Å². The minimum absolute atomic E-state index is 0.325. The molecule has 1 fully saturated rings. The van der Waals surface area contributed by atoms with Crippen LogP contribution in [0, 0.1) is 0 Å². The zero-order chi connectivity index (χ0) is 13.5. The minimum Gasteiger partial charge on any atom is -0.466 e. The molecule has 1 atom stereocenters. The van der Waals surface area contributed by atoms with E-state index in [1.165, 1.54) is 44.4 Å². The highest BCUT2D eigenvalue weighted by atomic mass is 16.5. The largest absolute Gasteiger partial charge is 0.466 e. The molecule has 1 aliphatic rings. The van der Waals surface area contributed by atoms with Crippen LogP contribution in [-0.2, 0) is 9.53 Å². The lowest BCUT2D eigenvalue weighted by atomic mass is 10.0. The van der Waals surface area contributed by atoms with Gasteiger partial charge in [-0.3, -0.25) is 0 Å². The van der Waals surface area contributed by atoms with Crippen LogP contribution in [0.4, 0.5) is 0 Å². The Labute approximate surface area is 114 Å². The van der Waals surface area contributed by atoms with E-state index >= 15 is 0 Å². The quantitative estimate of drug-likeness (QED) is 0.669. The number of hydrogen-bond acceptors (Lipinski definition) is 3. The van der Waals surface area contributed by atoms with Crippen LogP contribution in [-0.4, -0.2) is 19.6 Å². The fourth-order valence-electron chi connectivity index (χ4n) is 2.38. The van der Waals surface area contributed by atoms with Crippen molar-refractivity contribution in [2.24, 2.45) is 0 Å². The number of carbonyl (C=O) groups excluding carboxylic acids is 1. The number of methoxy groups -OCH3 is 1. The molecule has 1 aliphatic heterocycles. The Hall–Kier alpha value is -1.61. The summed E-state index contributed by atoms with van der Waals surface area (Å²) in [6.45, 7) is 1.11. The maximum atomic E-state index is 11.0. The third-order valence-corrected chi connectivity index (χ3v) is 3.51. The van der Waals surface area contributed by atoms with Crippen LogP contribution in [0.5, 0.6) is 0 Å². The lowest BCUT2D eigenvalue weighted by Gasteiger charge is -2.16. The molecule has 0 radical (unpaired) electrons. The molecule has 2 rings (SSSR count). The first-order valence-corrected chi connectivity index (χ1v) is 6.89. The van der Waals surface area contributed by atoms with Gasteiger partial charge in [-0.2, -0.15) is 0 Å². The van der Waals surface area contributed by atoms with Crippen LogP contribution >= 0.6 is 0 Å².